The summed E-state index contributed by atoms with van der Waals surface area (Å²) >= 11 is 0. The summed E-state index contributed by atoms with van der Waals surface area (Å²) in [4.78, 5) is 38.0. The zero-order chi connectivity index (χ0) is 26.6. The monoisotopic (exact) mass is 496 g/mol. The van der Waals surface area contributed by atoms with Crippen molar-refractivity contribution in [2.75, 3.05) is 6.61 Å². The van der Waals surface area contributed by atoms with Crippen LogP contribution in [0.3, 0.4) is 0 Å². The van der Waals surface area contributed by atoms with Crippen LogP contribution in [-0.2, 0) is 14.3 Å². The molecule has 2 rings (SSSR count). The number of benzene rings is 2. The van der Waals surface area contributed by atoms with Crippen molar-refractivity contribution in [2.24, 2.45) is 5.10 Å². The highest BCUT2D eigenvalue weighted by Gasteiger charge is 2.28. The molecule has 2 aromatic rings. The van der Waals surface area contributed by atoms with Crippen LogP contribution in [0, 0.1) is 0 Å². The minimum Gasteiger partial charge on any atom is -0.461 e. The third-order valence-electron chi connectivity index (χ3n) is 4.90. The number of nitrogens with zero attached hydrogens (tertiary/aromatic N) is 1. The smallest absolute Gasteiger partial charge is 0.408 e. The van der Waals surface area contributed by atoms with E-state index in [2.05, 4.69) is 21.2 Å². The second-order valence-electron chi connectivity index (χ2n) is 9.04. The Hall–Kier alpha value is -3.88. The average molecular weight is 497 g/mol. The number of hydrazone groups is 1. The largest absolute Gasteiger partial charge is 0.461 e. The number of carbonyl (C=O) groups is 3. The number of esters is 1. The third-order valence-corrected chi connectivity index (χ3v) is 4.90. The second kappa shape index (κ2) is 13.9. The molecule has 0 radical (unpaired) electrons. The number of carbonyl (C=O) groups excluding carboxylic acids is 3. The van der Waals surface area contributed by atoms with Crippen molar-refractivity contribution in [1.82, 2.24) is 16.1 Å². The molecule has 0 saturated heterocycles. The molecule has 0 spiro atoms. The summed E-state index contributed by atoms with van der Waals surface area (Å²) in [5, 5.41) is 9.62. The summed E-state index contributed by atoms with van der Waals surface area (Å²) in [7, 11) is 0. The van der Waals surface area contributed by atoms with E-state index in [0.717, 1.165) is 11.1 Å². The molecule has 36 heavy (non-hydrogen) atoms. The van der Waals surface area contributed by atoms with Crippen molar-refractivity contribution in [1.29, 1.82) is 0 Å². The Morgan fingerprint density at radius 3 is 1.92 bits per heavy atom. The minimum atomic E-state index is -0.816. The fourth-order valence-corrected chi connectivity index (χ4v) is 3.41. The van der Waals surface area contributed by atoms with Gasteiger partial charge in [0.25, 0.3) is 0 Å². The van der Waals surface area contributed by atoms with Gasteiger partial charge in [-0.05, 0) is 45.2 Å². The summed E-state index contributed by atoms with van der Waals surface area (Å²) in [5.41, 5.74) is 3.31. The van der Waals surface area contributed by atoms with Gasteiger partial charge in [-0.15, -0.1) is 0 Å². The highest BCUT2D eigenvalue weighted by molar-refractivity contribution is 6.38. The molecule has 9 heteroatoms. The lowest BCUT2D eigenvalue weighted by atomic mass is 9.99. The molecule has 0 fully saturated rings. The summed E-state index contributed by atoms with van der Waals surface area (Å²) in [6.45, 7) is 8.89. The van der Waals surface area contributed by atoms with E-state index < -0.39 is 35.8 Å². The minimum absolute atomic E-state index is 0.111. The lowest BCUT2D eigenvalue weighted by molar-refractivity contribution is -0.135. The molecule has 1 unspecified atom stereocenters. The number of hydrogen-bond donors (Lipinski definition) is 3. The SMILES string of the molecule is CCCC(NC(=O)OC(C)(C)C)/C(=N/NC(=O)NC(c1ccccc1)c1ccccc1)C(=O)OCC. The van der Waals surface area contributed by atoms with E-state index in [1.54, 1.807) is 27.7 Å². The predicted molar refractivity (Wildman–Crippen MR) is 139 cm³/mol. The van der Waals surface area contributed by atoms with Gasteiger partial charge in [0.15, 0.2) is 5.71 Å². The van der Waals surface area contributed by atoms with Gasteiger partial charge in [-0.1, -0.05) is 74.0 Å². The van der Waals surface area contributed by atoms with Gasteiger partial charge in [0, 0.05) is 0 Å². The number of rotatable bonds is 10. The molecule has 3 amide bonds. The van der Waals surface area contributed by atoms with Crippen LogP contribution in [0.4, 0.5) is 9.59 Å². The van der Waals surface area contributed by atoms with E-state index in [4.69, 9.17) is 9.47 Å². The lowest BCUT2D eigenvalue weighted by Crippen LogP contribution is -2.47. The van der Waals surface area contributed by atoms with Crippen LogP contribution in [-0.4, -0.2) is 42.1 Å². The van der Waals surface area contributed by atoms with Crippen LogP contribution in [0.1, 0.15) is 64.6 Å². The van der Waals surface area contributed by atoms with Gasteiger partial charge in [0.1, 0.15) is 5.60 Å². The molecular weight excluding hydrogens is 460 g/mol. The zero-order valence-corrected chi connectivity index (χ0v) is 21.5. The van der Waals surface area contributed by atoms with Crippen molar-refractivity contribution >= 4 is 23.8 Å². The Labute approximate surface area is 212 Å². The molecule has 3 N–H and O–H groups in total. The molecular formula is C27H36N4O5. The van der Waals surface area contributed by atoms with Crippen molar-refractivity contribution < 1.29 is 23.9 Å². The third kappa shape index (κ3) is 9.40. The van der Waals surface area contributed by atoms with Gasteiger partial charge in [0.2, 0.25) is 0 Å². The summed E-state index contributed by atoms with van der Waals surface area (Å²) < 4.78 is 10.5. The topological polar surface area (TPSA) is 118 Å². The molecule has 2 aromatic carbocycles. The highest BCUT2D eigenvalue weighted by Crippen LogP contribution is 2.21. The Bertz CT molecular complexity index is 980. The Morgan fingerprint density at radius 2 is 1.44 bits per heavy atom. The molecule has 0 heterocycles. The van der Waals surface area contributed by atoms with Crippen LogP contribution < -0.4 is 16.1 Å². The van der Waals surface area contributed by atoms with Gasteiger partial charge in [-0.25, -0.2) is 19.8 Å². The molecule has 194 valence electrons. The summed E-state index contributed by atoms with van der Waals surface area (Å²) in [6.07, 6.45) is 0.321. The van der Waals surface area contributed by atoms with E-state index in [1.807, 2.05) is 67.6 Å². The number of urea groups is 1. The quantitative estimate of drug-likeness (QED) is 0.251. The van der Waals surface area contributed by atoms with Gasteiger partial charge >= 0.3 is 18.1 Å². The maximum absolute atomic E-state index is 12.9. The highest BCUT2D eigenvalue weighted by atomic mass is 16.6. The van der Waals surface area contributed by atoms with E-state index >= 15 is 0 Å². The fraction of sp³-hybridized carbons (Fsp3) is 0.407. The number of nitrogens with one attached hydrogen (secondary N) is 3. The van der Waals surface area contributed by atoms with Crippen LogP contribution in [0.25, 0.3) is 0 Å². The maximum atomic E-state index is 12.9. The first-order chi connectivity index (χ1) is 17.1. The number of ether oxygens (including phenoxy) is 2. The Morgan fingerprint density at radius 1 is 0.889 bits per heavy atom. The van der Waals surface area contributed by atoms with Crippen molar-refractivity contribution in [3.63, 3.8) is 0 Å². The molecule has 0 aliphatic heterocycles. The lowest BCUT2D eigenvalue weighted by Gasteiger charge is -2.24. The van der Waals surface area contributed by atoms with Crippen LogP contribution in [0.2, 0.25) is 0 Å². The molecule has 9 nitrogen and oxygen atoms in total. The Balaban J connectivity index is 2.26. The summed E-state index contributed by atoms with van der Waals surface area (Å²) in [6, 6.07) is 17.1. The molecule has 0 aliphatic rings. The molecule has 0 aliphatic carbocycles. The first-order valence-electron chi connectivity index (χ1n) is 12.0. The van der Waals surface area contributed by atoms with Crippen LogP contribution in [0.5, 0.6) is 0 Å². The van der Waals surface area contributed by atoms with Gasteiger partial charge in [0.05, 0.1) is 18.7 Å². The standard InChI is InChI=1S/C27H36N4O5/c1-6-14-21(28-26(34)36-27(3,4)5)23(24(32)35-7-2)30-31-25(33)29-22(19-15-10-8-11-16-19)20-17-12-9-13-18-20/h8-13,15-18,21-22H,6-7,14H2,1-5H3,(H,28,34)(H2,29,31,33)/b30-23-. The van der Waals surface area contributed by atoms with Crippen LogP contribution in [0.15, 0.2) is 65.8 Å². The second-order valence-corrected chi connectivity index (χ2v) is 9.04. The predicted octanol–water partition coefficient (Wildman–Crippen LogP) is 4.69. The molecule has 0 saturated carbocycles. The normalized spacial score (nSPS) is 12.4. The fourth-order valence-electron chi connectivity index (χ4n) is 3.41. The first-order valence-corrected chi connectivity index (χ1v) is 12.0. The zero-order valence-electron chi connectivity index (χ0n) is 21.5. The van der Waals surface area contributed by atoms with E-state index in [0.29, 0.717) is 12.8 Å². The Kier molecular flexibility index (Phi) is 10.9. The van der Waals surface area contributed by atoms with Crippen molar-refractivity contribution in [3.8, 4) is 0 Å². The van der Waals surface area contributed by atoms with E-state index in [9.17, 15) is 14.4 Å². The van der Waals surface area contributed by atoms with Gasteiger partial charge < -0.3 is 20.1 Å². The number of hydrogen-bond acceptors (Lipinski definition) is 6. The van der Waals surface area contributed by atoms with Gasteiger partial charge in [-0.2, -0.15) is 5.10 Å². The van der Waals surface area contributed by atoms with Gasteiger partial charge in [-0.3, -0.25) is 0 Å². The van der Waals surface area contributed by atoms with Crippen molar-refractivity contribution in [3.05, 3.63) is 71.8 Å². The maximum Gasteiger partial charge on any atom is 0.408 e. The molecule has 1 atom stereocenters. The van der Waals surface area contributed by atoms with Crippen LogP contribution >= 0.6 is 0 Å². The van der Waals surface area contributed by atoms with Crippen molar-refractivity contribution in [2.45, 2.75) is 65.1 Å². The summed E-state index contributed by atoms with van der Waals surface area (Å²) in [5.74, 6) is -0.741. The molecule has 0 aromatic heterocycles. The van der Waals surface area contributed by atoms with E-state index in [1.165, 1.54) is 0 Å². The van der Waals surface area contributed by atoms with E-state index in [-0.39, 0.29) is 12.3 Å². The number of alkyl carbamates (subject to hydrolysis) is 1. The first kappa shape index (κ1) is 28.4. The average Bonchev–Trinajstić information content (AvgIpc) is 2.83. The number of amides is 3. The molecule has 0 bridgehead atoms.